The van der Waals surface area contributed by atoms with E-state index in [-0.39, 0.29) is 24.2 Å². The zero-order chi connectivity index (χ0) is 19.4. The van der Waals surface area contributed by atoms with Gasteiger partial charge < -0.3 is 10.6 Å². The Hall–Kier alpha value is -3.29. The molecule has 0 bridgehead atoms. The number of carbonyl (C=O) groups excluding carboxylic acids is 3. The minimum Gasteiger partial charge on any atom is -0.368 e. The van der Waals surface area contributed by atoms with Crippen LogP contribution in [0.4, 0.5) is 5.95 Å². The van der Waals surface area contributed by atoms with E-state index in [0.29, 0.717) is 24.4 Å². The van der Waals surface area contributed by atoms with Gasteiger partial charge >= 0.3 is 0 Å². The van der Waals surface area contributed by atoms with Crippen LogP contribution in [0.3, 0.4) is 0 Å². The van der Waals surface area contributed by atoms with Gasteiger partial charge in [0.05, 0.1) is 5.69 Å². The van der Waals surface area contributed by atoms with Gasteiger partial charge in [-0.2, -0.15) is 0 Å². The Labute approximate surface area is 161 Å². The molecule has 2 aromatic rings. The molecule has 8 nitrogen and oxygen atoms in total. The van der Waals surface area contributed by atoms with E-state index in [4.69, 9.17) is 5.73 Å². The molecule has 1 atom stereocenters. The predicted octanol–water partition coefficient (Wildman–Crippen LogP) is 1.36. The number of rotatable bonds is 3. The predicted molar refractivity (Wildman–Crippen MR) is 99.9 cm³/mol. The van der Waals surface area contributed by atoms with Gasteiger partial charge in [-0.1, -0.05) is 6.07 Å². The Morgan fingerprint density at radius 3 is 2.64 bits per heavy atom. The molecule has 3 heterocycles. The molecule has 3 amide bonds. The van der Waals surface area contributed by atoms with Gasteiger partial charge in [0.2, 0.25) is 17.8 Å². The number of imide groups is 1. The number of amides is 3. The van der Waals surface area contributed by atoms with Crippen molar-refractivity contribution < 1.29 is 14.4 Å². The third-order valence-electron chi connectivity index (χ3n) is 5.58. The summed E-state index contributed by atoms with van der Waals surface area (Å²) in [5.41, 5.74) is 9.88. The van der Waals surface area contributed by atoms with Crippen LogP contribution in [0.5, 0.6) is 0 Å². The molecule has 142 valence electrons. The molecular weight excluding hydrogens is 358 g/mol. The SMILES string of the molecule is Nc1nc(-c2ccc3c(c2)CN(C2CCC(=O)NC2=O)C3=O)cc(C2CC2)n1. The highest BCUT2D eigenvalue weighted by atomic mass is 16.2. The molecule has 1 aromatic carbocycles. The highest BCUT2D eigenvalue weighted by Crippen LogP contribution is 2.40. The molecule has 1 unspecified atom stereocenters. The van der Waals surface area contributed by atoms with Gasteiger partial charge in [0.1, 0.15) is 6.04 Å². The fourth-order valence-electron chi connectivity index (χ4n) is 3.96. The second kappa shape index (κ2) is 6.12. The average Bonchev–Trinajstić information content (AvgIpc) is 3.46. The highest BCUT2D eigenvalue weighted by molar-refractivity contribution is 6.05. The molecule has 0 radical (unpaired) electrons. The molecule has 3 N–H and O–H groups in total. The smallest absolute Gasteiger partial charge is 0.255 e. The van der Waals surface area contributed by atoms with E-state index < -0.39 is 11.9 Å². The van der Waals surface area contributed by atoms with E-state index in [1.807, 2.05) is 18.2 Å². The van der Waals surface area contributed by atoms with Crippen LogP contribution < -0.4 is 11.1 Å². The van der Waals surface area contributed by atoms with Gasteiger partial charge in [-0.15, -0.1) is 0 Å². The molecular formula is C20H19N5O3. The van der Waals surface area contributed by atoms with Crippen LogP contribution in [0.15, 0.2) is 24.3 Å². The van der Waals surface area contributed by atoms with Crippen molar-refractivity contribution in [2.75, 3.05) is 5.73 Å². The van der Waals surface area contributed by atoms with Crippen LogP contribution in [0.2, 0.25) is 0 Å². The molecule has 0 spiro atoms. The molecule has 8 heteroatoms. The Kier molecular flexibility index (Phi) is 3.68. The maximum absolute atomic E-state index is 12.8. The number of nitrogens with zero attached hydrogens (tertiary/aromatic N) is 3. The Morgan fingerprint density at radius 1 is 1.07 bits per heavy atom. The molecule has 1 saturated carbocycles. The summed E-state index contributed by atoms with van der Waals surface area (Å²) in [6.07, 6.45) is 2.83. The van der Waals surface area contributed by atoms with Crippen molar-refractivity contribution in [3.05, 3.63) is 41.1 Å². The van der Waals surface area contributed by atoms with E-state index in [2.05, 4.69) is 15.3 Å². The fraction of sp³-hybridized carbons (Fsp3) is 0.350. The molecule has 5 rings (SSSR count). The quantitative estimate of drug-likeness (QED) is 0.780. The van der Waals surface area contributed by atoms with Crippen molar-refractivity contribution in [3.8, 4) is 11.3 Å². The number of carbonyl (C=O) groups is 3. The van der Waals surface area contributed by atoms with Crippen LogP contribution in [0, 0.1) is 0 Å². The number of piperidine rings is 1. The van der Waals surface area contributed by atoms with Gasteiger partial charge in [0.25, 0.3) is 5.91 Å². The number of aromatic nitrogens is 2. The van der Waals surface area contributed by atoms with Gasteiger partial charge in [-0.05, 0) is 43.0 Å². The van der Waals surface area contributed by atoms with Gasteiger partial charge in [0, 0.05) is 35.7 Å². The molecule has 28 heavy (non-hydrogen) atoms. The standard InChI is InChI=1S/C20H19N5O3/c21-20-22-14(10-1-2-10)8-15(23-20)11-3-4-13-12(7-11)9-25(19(13)28)16-5-6-17(26)24-18(16)27/h3-4,7-8,10,16H,1-2,5-6,9H2,(H2,21,22,23)(H,24,26,27). The maximum atomic E-state index is 12.8. The van der Waals surface area contributed by atoms with Crippen molar-refractivity contribution in [3.63, 3.8) is 0 Å². The first-order valence-electron chi connectivity index (χ1n) is 9.42. The first kappa shape index (κ1) is 16.9. The third-order valence-corrected chi connectivity index (χ3v) is 5.58. The van der Waals surface area contributed by atoms with Crippen LogP contribution in [0.25, 0.3) is 11.3 Å². The number of benzene rings is 1. The lowest BCUT2D eigenvalue weighted by atomic mass is 10.0. The maximum Gasteiger partial charge on any atom is 0.255 e. The first-order chi connectivity index (χ1) is 13.5. The van der Waals surface area contributed by atoms with Crippen molar-refractivity contribution in [2.24, 2.45) is 0 Å². The van der Waals surface area contributed by atoms with Gasteiger partial charge in [-0.25, -0.2) is 9.97 Å². The van der Waals surface area contributed by atoms with E-state index in [1.165, 1.54) is 0 Å². The highest BCUT2D eigenvalue weighted by Gasteiger charge is 2.39. The van der Waals surface area contributed by atoms with E-state index in [0.717, 1.165) is 35.4 Å². The number of nitrogen functional groups attached to an aromatic ring is 1. The summed E-state index contributed by atoms with van der Waals surface area (Å²) in [7, 11) is 0. The normalized spacial score (nSPS) is 21.6. The second-order valence-electron chi connectivity index (χ2n) is 7.58. The molecule has 1 aliphatic carbocycles. The summed E-state index contributed by atoms with van der Waals surface area (Å²) in [6, 6.07) is 6.90. The number of hydrogen-bond donors (Lipinski definition) is 2. The zero-order valence-electron chi connectivity index (χ0n) is 15.1. The summed E-state index contributed by atoms with van der Waals surface area (Å²) in [5.74, 6) is -0.170. The molecule has 1 saturated heterocycles. The van der Waals surface area contributed by atoms with Gasteiger partial charge in [0.15, 0.2) is 0 Å². The number of fused-ring (bicyclic) bond motifs is 1. The van der Waals surface area contributed by atoms with E-state index in [9.17, 15) is 14.4 Å². The topological polar surface area (TPSA) is 118 Å². The number of nitrogens with one attached hydrogen (secondary N) is 1. The average molecular weight is 377 g/mol. The van der Waals surface area contributed by atoms with Crippen LogP contribution in [-0.2, 0) is 16.1 Å². The molecule has 2 aliphatic heterocycles. The van der Waals surface area contributed by atoms with Crippen molar-refractivity contribution in [2.45, 2.75) is 44.2 Å². The summed E-state index contributed by atoms with van der Waals surface area (Å²) >= 11 is 0. The summed E-state index contributed by atoms with van der Waals surface area (Å²) in [6.45, 7) is 0.338. The number of anilines is 1. The van der Waals surface area contributed by atoms with Crippen LogP contribution >= 0.6 is 0 Å². The van der Waals surface area contributed by atoms with E-state index >= 15 is 0 Å². The second-order valence-corrected chi connectivity index (χ2v) is 7.58. The van der Waals surface area contributed by atoms with Crippen molar-refractivity contribution in [1.82, 2.24) is 20.2 Å². The lowest BCUT2D eigenvalue weighted by Crippen LogP contribution is -2.52. The molecule has 2 fully saturated rings. The molecule has 1 aromatic heterocycles. The van der Waals surface area contributed by atoms with E-state index in [1.54, 1.807) is 11.0 Å². The van der Waals surface area contributed by atoms with Gasteiger partial charge in [-0.3, -0.25) is 19.7 Å². The fourth-order valence-corrected chi connectivity index (χ4v) is 3.96. The molecule has 3 aliphatic rings. The van der Waals surface area contributed by atoms with Crippen molar-refractivity contribution in [1.29, 1.82) is 0 Å². The zero-order valence-corrected chi connectivity index (χ0v) is 15.1. The van der Waals surface area contributed by atoms with Crippen molar-refractivity contribution >= 4 is 23.7 Å². The lowest BCUT2D eigenvalue weighted by Gasteiger charge is -2.29. The lowest BCUT2D eigenvalue weighted by molar-refractivity contribution is -0.136. The Balaban J connectivity index is 1.45. The largest absolute Gasteiger partial charge is 0.368 e. The minimum absolute atomic E-state index is 0.183. The summed E-state index contributed by atoms with van der Waals surface area (Å²) in [4.78, 5) is 46.6. The van der Waals surface area contributed by atoms with Crippen LogP contribution in [-0.4, -0.2) is 38.6 Å². The monoisotopic (exact) mass is 377 g/mol. The summed E-state index contributed by atoms with van der Waals surface area (Å²) in [5, 5.41) is 2.32. The first-order valence-corrected chi connectivity index (χ1v) is 9.42. The van der Waals surface area contributed by atoms with Crippen LogP contribution in [0.1, 0.15) is 53.2 Å². The Morgan fingerprint density at radius 2 is 1.89 bits per heavy atom. The number of nitrogens with two attached hydrogens (primary N) is 1. The number of hydrogen-bond acceptors (Lipinski definition) is 6. The summed E-state index contributed by atoms with van der Waals surface area (Å²) < 4.78 is 0. The minimum atomic E-state index is -0.614. The Bertz CT molecular complexity index is 1030. The third kappa shape index (κ3) is 2.81.